The summed E-state index contributed by atoms with van der Waals surface area (Å²) in [7, 11) is 0. The molecular weight excluding hydrogens is 408 g/mol. The van der Waals surface area contributed by atoms with Crippen molar-refractivity contribution in [3.8, 4) is 0 Å². The lowest BCUT2D eigenvalue weighted by molar-refractivity contribution is -0.150. The zero-order chi connectivity index (χ0) is 22.6. The first-order valence-corrected chi connectivity index (χ1v) is 10.4. The van der Waals surface area contributed by atoms with Crippen LogP contribution in [0.1, 0.15) is 29.7 Å². The summed E-state index contributed by atoms with van der Waals surface area (Å²) in [4.78, 5) is 40.8. The maximum atomic E-state index is 13.6. The lowest BCUT2D eigenvalue weighted by Gasteiger charge is -2.25. The molecule has 164 valence electrons. The number of amides is 3. The van der Waals surface area contributed by atoms with Gasteiger partial charge in [0, 0.05) is 19.2 Å². The normalized spacial score (nSPS) is 19.0. The van der Waals surface area contributed by atoms with Crippen LogP contribution in [0.25, 0.3) is 0 Å². The molecule has 3 amide bonds. The molecule has 1 saturated heterocycles. The zero-order valence-corrected chi connectivity index (χ0v) is 17.7. The fraction of sp³-hybridized carbons (Fsp3) is 0.250. The fourth-order valence-electron chi connectivity index (χ4n) is 3.83. The van der Waals surface area contributed by atoms with E-state index in [0.717, 1.165) is 16.0 Å². The first kappa shape index (κ1) is 21.3. The Morgan fingerprint density at radius 3 is 2.44 bits per heavy atom. The Labute approximate surface area is 185 Å². The predicted octanol–water partition coefficient (Wildman–Crippen LogP) is 2.79. The van der Waals surface area contributed by atoms with Crippen LogP contribution in [0, 0.1) is 0 Å². The van der Waals surface area contributed by atoms with E-state index in [4.69, 9.17) is 4.74 Å². The number of aromatic amines is 1. The van der Waals surface area contributed by atoms with Crippen molar-refractivity contribution in [2.24, 2.45) is 0 Å². The monoisotopic (exact) mass is 432 g/mol. The summed E-state index contributed by atoms with van der Waals surface area (Å²) in [6.07, 6.45) is 3.04. The standard InChI is InChI=1S/C24H24N4O4/c1-17(20-10-6-3-7-11-20)28-22(30)24(32-23(28)31,14-18-8-4-2-5-9-18)21(29)25-13-12-19-15-26-27-16-19/h2-11,15-17H,12-14H2,1H3,(H,25,29)(H,26,27)/t17-,24-/m1/s1. The molecule has 0 radical (unpaired) electrons. The maximum absolute atomic E-state index is 13.6. The highest BCUT2D eigenvalue weighted by atomic mass is 16.6. The fourth-order valence-corrected chi connectivity index (χ4v) is 3.83. The van der Waals surface area contributed by atoms with Crippen molar-refractivity contribution >= 4 is 17.9 Å². The average molecular weight is 432 g/mol. The number of carbonyl (C=O) groups is 3. The van der Waals surface area contributed by atoms with Gasteiger partial charge in [0.25, 0.3) is 17.4 Å². The van der Waals surface area contributed by atoms with Crippen LogP contribution in [0.3, 0.4) is 0 Å². The smallest absolute Gasteiger partial charge is 0.418 e. The Hall–Kier alpha value is -3.94. The molecule has 1 aliphatic rings. The van der Waals surface area contributed by atoms with E-state index in [1.807, 2.05) is 48.5 Å². The summed E-state index contributed by atoms with van der Waals surface area (Å²) in [6, 6.07) is 17.6. The summed E-state index contributed by atoms with van der Waals surface area (Å²) < 4.78 is 5.58. The van der Waals surface area contributed by atoms with Crippen LogP contribution in [0.15, 0.2) is 73.1 Å². The van der Waals surface area contributed by atoms with E-state index in [1.54, 1.807) is 31.5 Å². The number of nitrogens with zero attached hydrogens (tertiary/aromatic N) is 2. The zero-order valence-electron chi connectivity index (χ0n) is 17.7. The molecule has 1 fully saturated rings. The third-order valence-electron chi connectivity index (χ3n) is 5.61. The molecule has 0 aliphatic carbocycles. The van der Waals surface area contributed by atoms with Crippen LogP contribution in [-0.2, 0) is 27.2 Å². The third-order valence-corrected chi connectivity index (χ3v) is 5.61. The van der Waals surface area contributed by atoms with Crippen molar-refractivity contribution in [3.05, 3.63) is 89.7 Å². The Bertz CT molecular complexity index is 1090. The summed E-state index contributed by atoms with van der Waals surface area (Å²) in [6.45, 7) is 2.01. The highest BCUT2D eigenvalue weighted by Crippen LogP contribution is 2.35. The molecule has 1 aromatic heterocycles. The second kappa shape index (κ2) is 9.05. The number of carbonyl (C=O) groups excluding carboxylic acids is 3. The van der Waals surface area contributed by atoms with Crippen molar-refractivity contribution in [1.82, 2.24) is 20.4 Å². The number of hydrogen-bond donors (Lipinski definition) is 2. The second-order valence-electron chi connectivity index (χ2n) is 7.73. The number of imide groups is 1. The van der Waals surface area contributed by atoms with Crippen LogP contribution in [0.5, 0.6) is 0 Å². The van der Waals surface area contributed by atoms with Crippen LogP contribution in [-0.4, -0.2) is 45.2 Å². The highest BCUT2D eigenvalue weighted by Gasteiger charge is 2.60. The molecule has 0 unspecified atom stereocenters. The number of H-pyrrole nitrogens is 1. The maximum Gasteiger partial charge on any atom is 0.418 e. The molecule has 8 heteroatoms. The average Bonchev–Trinajstić information content (AvgIpc) is 3.41. The topological polar surface area (TPSA) is 104 Å². The molecule has 8 nitrogen and oxygen atoms in total. The number of ether oxygens (including phenoxy) is 1. The molecule has 3 aromatic rings. The molecule has 32 heavy (non-hydrogen) atoms. The van der Waals surface area contributed by atoms with Crippen molar-refractivity contribution in [3.63, 3.8) is 0 Å². The Kier molecular flexibility index (Phi) is 6.02. The molecule has 2 N–H and O–H groups in total. The van der Waals surface area contributed by atoms with Gasteiger partial charge in [-0.3, -0.25) is 14.7 Å². The summed E-state index contributed by atoms with van der Waals surface area (Å²) in [5, 5.41) is 9.36. The van der Waals surface area contributed by atoms with Gasteiger partial charge in [-0.1, -0.05) is 60.7 Å². The molecule has 0 bridgehead atoms. The van der Waals surface area contributed by atoms with Crippen molar-refractivity contribution in [1.29, 1.82) is 0 Å². The van der Waals surface area contributed by atoms with Gasteiger partial charge >= 0.3 is 6.09 Å². The Balaban J connectivity index is 1.60. The molecular formula is C24H24N4O4. The van der Waals surface area contributed by atoms with E-state index in [2.05, 4.69) is 15.5 Å². The van der Waals surface area contributed by atoms with E-state index in [1.165, 1.54) is 0 Å². The second-order valence-corrected chi connectivity index (χ2v) is 7.73. The van der Waals surface area contributed by atoms with Gasteiger partial charge in [-0.25, -0.2) is 9.69 Å². The van der Waals surface area contributed by atoms with Gasteiger partial charge in [-0.05, 0) is 30.0 Å². The minimum Gasteiger partial charge on any atom is -0.422 e. The van der Waals surface area contributed by atoms with Gasteiger partial charge < -0.3 is 10.1 Å². The van der Waals surface area contributed by atoms with E-state index in [0.29, 0.717) is 12.0 Å². The molecule has 4 rings (SSSR count). The van der Waals surface area contributed by atoms with Crippen LogP contribution in [0.4, 0.5) is 4.79 Å². The van der Waals surface area contributed by atoms with Crippen LogP contribution >= 0.6 is 0 Å². The molecule has 0 spiro atoms. The summed E-state index contributed by atoms with van der Waals surface area (Å²) in [5.41, 5.74) is 0.440. The number of nitrogens with one attached hydrogen (secondary N) is 2. The number of benzene rings is 2. The van der Waals surface area contributed by atoms with E-state index in [-0.39, 0.29) is 13.0 Å². The van der Waals surface area contributed by atoms with E-state index in [9.17, 15) is 14.4 Å². The number of aromatic nitrogens is 2. The minimum absolute atomic E-state index is 0.0477. The Morgan fingerprint density at radius 1 is 1.09 bits per heavy atom. The van der Waals surface area contributed by atoms with Crippen LogP contribution < -0.4 is 5.32 Å². The van der Waals surface area contributed by atoms with Gasteiger partial charge in [-0.2, -0.15) is 5.10 Å². The first-order valence-electron chi connectivity index (χ1n) is 10.4. The molecule has 2 heterocycles. The van der Waals surface area contributed by atoms with E-state index < -0.39 is 29.6 Å². The minimum atomic E-state index is -1.96. The number of hydrogen-bond acceptors (Lipinski definition) is 5. The number of rotatable bonds is 8. The van der Waals surface area contributed by atoms with Gasteiger partial charge in [0.2, 0.25) is 0 Å². The van der Waals surface area contributed by atoms with Crippen molar-refractivity contribution in [2.45, 2.75) is 31.4 Å². The Morgan fingerprint density at radius 2 is 1.78 bits per heavy atom. The highest BCUT2D eigenvalue weighted by molar-refractivity contribution is 6.17. The van der Waals surface area contributed by atoms with E-state index >= 15 is 0 Å². The number of cyclic esters (lactones) is 1. The van der Waals surface area contributed by atoms with Gasteiger partial charge in [-0.15, -0.1) is 0 Å². The van der Waals surface area contributed by atoms with Gasteiger partial charge in [0.15, 0.2) is 0 Å². The quantitative estimate of drug-likeness (QED) is 0.533. The van der Waals surface area contributed by atoms with Gasteiger partial charge in [0.05, 0.1) is 12.2 Å². The summed E-state index contributed by atoms with van der Waals surface area (Å²) in [5.74, 6) is -1.30. The van der Waals surface area contributed by atoms with Crippen molar-refractivity contribution < 1.29 is 19.1 Å². The molecule has 2 aromatic carbocycles. The molecule has 1 aliphatic heterocycles. The lowest BCUT2D eigenvalue weighted by atomic mass is 9.91. The summed E-state index contributed by atoms with van der Waals surface area (Å²) >= 11 is 0. The van der Waals surface area contributed by atoms with Gasteiger partial charge in [0.1, 0.15) is 0 Å². The SMILES string of the molecule is C[C@H](c1ccccc1)N1C(=O)O[C@](Cc2ccccc2)(C(=O)NCCc2cn[nH]c2)C1=O. The molecule has 0 saturated carbocycles. The first-order chi connectivity index (χ1) is 15.5. The largest absolute Gasteiger partial charge is 0.422 e. The predicted molar refractivity (Wildman–Crippen MR) is 116 cm³/mol. The molecule has 2 atom stereocenters. The van der Waals surface area contributed by atoms with Crippen LogP contribution in [0.2, 0.25) is 0 Å². The van der Waals surface area contributed by atoms with Crippen molar-refractivity contribution in [2.75, 3.05) is 6.54 Å². The third kappa shape index (κ3) is 4.12. The lowest BCUT2D eigenvalue weighted by Crippen LogP contribution is -2.55.